The Morgan fingerprint density at radius 1 is 0.667 bits per heavy atom. The second-order valence-corrected chi connectivity index (χ2v) is 1.45. The zero-order valence-corrected chi connectivity index (χ0v) is 5.86. The van der Waals surface area contributed by atoms with Crippen LogP contribution in [-0.2, 0) is 0 Å². The molecule has 0 unspecified atom stereocenters. The SMILES string of the molecule is OPO.c1ccccc1. The van der Waals surface area contributed by atoms with Crippen LogP contribution in [0, 0.1) is 0 Å². The van der Waals surface area contributed by atoms with Gasteiger partial charge in [-0.15, -0.1) is 0 Å². The Morgan fingerprint density at radius 2 is 0.778 bits per heavy atom. The third kappa shape index (κ3) is 7.57. The Kier molecular flexibility index (Phi) is 7.21. The van der Waals surface area contributed by atoms with E-state index >= 15 is 0 Å². The van der Waals surface area contributed by atoms with Gasteiger partial charge in [0.2, 0.25) is 0 Å². The van der Waals surface area contributed by atoms with Crippen molar-refractivity contribution in [1.29, 1.82) is 0 Å². The fourth-order valence-corrected chi connectivity index (χ4v) is 0.385. The first kappa shape index (κ1) is 8.57. The average molecular weight is 144 g/mol. The normalized spacial score (nSPS) is 7.33. The highest BCUT2D eigenvalue weighted by Crippen LogP contribution is 1.81. The highest BCUT2D eigenvalue weighted by Gasteiger charge is 1.57. The zero-order valence-electron chi connectivity index (χ0n) is 4.86. The van der Waals surface area contributed by atoms with Crippen LogP contribution >= 0.6 is 9.03 Å². The summed E-state index contributed by atoms with van der Waals surface area (Å²) in [6.07, 6.45) is 0. The minimum Gasteiger partial charge on any atom is -0.352 e. The Hall–Kier alpha value is -0.430. The first-order valence-electron chi connectivity index (χ1n) is 2.45. The molecule has 0 heterocycles. The van der Waals surface area contributed by atoms with Gasteiger partial charge < -0.3 is 9.79 Å². The van der Waals surface area contributed by atoms with E-state index in [9.17, 15) is 0 Å². The molecule has 0 fully saturated rings. The summed E-state index contributed by atoms with van der Waals surface area (Å²) in [7, 11) is -0.917. The second-order valence-electron chi connectivity index (χ2n) is 1.25. The van der Waals surface area contributed by atoms with Crippen LogP contribution in [0.15, 0.2) is 36.4 Å². The van der Waals surface area contributed by atoms with Crippen LogP contribution in [0.25, 0.3) is 0 Å². The van der Waals surface area contributed by atoms with Gasteiger partial charge >= 0.3 is 0 Å². The summed E-state index contributed by atoms with van der Waals surface area (Å²) < 4.78 is 0. The van der Waals surface area contributed by atoms with Crippen molar-refractivity contribution in [2.45, 2.75) is 0 Å². The molecule has 0 radical (unpaired) electrons. The van der Waals surface area contributed by atoms with Crippen LogP contribution in [0.1, 0.15) is 0 Å². The van der Waals surface area contributed by atoms with Crippen molar-refractivity contribution in [2.24, 2.45) is 0 Å². The number of hydrogen-bond acceptors (Lipinski definition) is 2. The third-order valence-corrected chi connectivity index (χ3v) is 0.667. The Labute approximate surface area is 56.1 Å². The molecule has 1 aromatic carbocycles. The lowest BCUT2D eigenvalue weighted by Crippen LogP contribution is -1.47. The molecule has 0 aromatic heterocycles. The van der Waals surface area contributed by atoms with E-state index in [2.05, 4.69) is 0 Å². The van der Waals surface area contributed by atoms with E-state index in [0.717, 1.165) is 0 Å². The molecule has 1 aromatic rings. The summed E-state index contributed by atoms with van der Waals surface area (Å²) in [5, 5.41) is 0. The van der Waals surface area contributed by atoms with Crippen LogP contribution in [0.4, 0.5) is 0 Å². The van der Waals surface area contributed by atoms with Crippen LogP contribution < -0.4 is 0 Å². The second kappa shape index (κ2) is 7.57. The minimum atomic E-state index is -0.917. The summed E-state index contributed by atoms with van der Waals surface area (Å²) in [5.41, 5.74) is 0. The molecule has 2 N–H and O–H groups in total. The van der Waals surface area contributed by atoms with Crippen molar-refractivity contribution in [3.05, 3.63) is 36.4 Å². The topological polar surface area (TPSA) is 40.5 Å². The maximum Gasteiger partial charge on any atom is 0.149 e. The van der Waals surface area contributed by atoms with Gasteiger partial charge in [-0.1, -0.05) is 36.4 Å². The van der Waals surface area contributed by atoms with E-state index in [1.165, 1.54) is 0 Å². The molecule has 0 saturated carbocycles. The van der Waals surface area contributed by atoms with Crippen LogP contribution in [-0.4, -0.2) is 9.79 Å². The fourth-order valence-electron chi connectivity index (χ4n) is 0.385. The first-order chi connectivity index (χ1) is 4.41. The number of hydrogen-bond donors (Lipinski definition) is 2. The van der Waals surface area contributed by atoms with Crippen molar-refractivity contribution in [1.82, 2.24) is 0 Å². The zero-order chi connectivity index (χ0) is 6.95. The van der Waals surface area contributed by atoms with Gasteiger partial charge in [-0.3, -0.25) is 0 Å². The summed E-state index contributed by atoms with van der Waals surface area (Å²) in [4.78, 5) is 14.3. The van der Waals surface area contributed by atoms with Crippen LogP contribution in [0.5, 0.6) is 0 Å². The maximum atomic E-state index is 7.15. The Balaban J connectivity index is 0.000000187. The van der Waals surface area contributed by atoms with Gasteiger partial charge in [0.1, 0.15) is 9.03 Å². The average Bonchev–Trinajstić information content (AvgIpc) is 1.93. The molecule has 0 aliphatic carbocycles. The molecular formula is C6H9O2P. The molecule has 0 aliphatic heterocycles. The van der Waals surface area contributed by atoms with Gasteiger partial charge in [-0.2, -0.15) is 0 Å². The fraction of sp³-hybridized carbons (Fsp3) is 0. The Morgan fingerprint density at radius 3 is 0.889 bits per heavy atom. The van der Waals surface area contributed by atoms with Gasteiger partial charge in [0, 0.05) is 0 Å². The summed E-state index contributed by atoms with van der Waals surface area (Å²) in [6, 6.07) is 12.0. The smallest absolute Gasteiger partial charge is 0.149 e. The predicted octanol–water partition coefficient (Wildman–Crippen LogP) is 1.17. The van der Waals surface area contributed by atoms with Crippen LogP contribution in [0.3, 0.4) is 0 Å². The summed E-state index contributed by atoms with van der Waals surface area (Å²) in [6.45, 7) is 0. The lowest BCUT2D eigenvalue weighted by molar-refractivity contribution is 0.513. The molecular weight excluding hydrogens is 135 g/mol. The third-order valence-electron chi connectivity index (χ3n) is 0.667. The quantitative estimate of drug-likeness (QED) is 0.536. The molecule has 0 amide bonds. The molecule has 0 saturated heterocycles. The van der Waals surface area contributed by atoms with Crippen molar-refractivity contribution in [3.63, 3.8) is 0 Å². The van der Waals surface area contributed by atoms with E-state index in [0.29, 0.717) is 0 Å². The molecule has 2 nitrogen and oxygen atoms in total. The number of benzene rings is 1. The highest BCUT2D eigenvalue weighted by molar-refractivity contribution is 7.23. The molecule has 1 rings (SSSR count). The first-order valence-corrected chi connectivity index (χ1v) is 3.34. The largest absolute Gasteiger partial charge is 0.352 e. The van der Waals surface area contributed by atoms with E-state index in [1.54, 1.807) is 0 Å². The molecule has 0 atom stereocenters. The van der Waals surface area contributed by atoms with Gasteiger partial charge in [-0.05, 0) is 0 Å². The molecule has 9 heavy (non-hydrogen) atoms. The van der Waals surface area contributed by atoms with Crippen molar-refractivity contribution < 1.29 is 9.79 Å². The molecule has 0 aliphatic rings. The summed E-state index contributed by atoms with van der Waals surface area (Å²) >= 11 is 0. The summed E-state index contributed by atoms with van der Waals surface area (Å²) in [5.74, 6) is 0. The van der Waals surface area contributed by atoms with Gasteiger partial charge in [0.25, 0.3) is 0 Å². The lowest BCUT2D eigenvalue weighted by Gasteiger charge is -1.69. The van der Waals surface area contributed by atoms with Crippen molar-refractivity contribution in [2.75, 3.05) is 0 Å². The van der Waals surface area contributed by atoms with E-state index < -0.39 is 9.03 Å². The Bertz CT molecular complexity index is 93.9. The van der Waals surface area contributed by atoms with Crippen molar-refractivity contribution in [3.8, 4) is 0 Å². The van der Waals surface area contributed by atoms with Gasteiger partial charge in [0.15, 0.2) is 0 Å². The molecule has 50 valence electrons. The highest BCUT2D eigenvalue weighted by atomic mass is 31.1. The van der Waals surface area contributed by atoms with E-state index in [4.69, 9.17) is 9.79 Å². The van der Waals surface area contributed by atoms with Gasteiger partial charge in [-0.25, -0.2) is 0 Å². The molecule has 0 spiro atoms. The minimum absolute atomic E-state index is 0.917. The lowest BCUT2D eigenvalue weighted by atomic mass is 10.4. The van der Waals surface area contributed by atoms with Crippen LogP contribution in [0.2, 0.25) is 0 Å². The number of rotatable bonds is 0. The molecule has 0 bridgehead atoms. The maximum absolute atomic E-state index is 7.15. The van der Waals surface area contributed by atoms with E-state index in [1.807, 2.05) is 36.4 Å². The molecule has 3 heteroatoms. The van der Waals surface area contributed by atoms with E-state index in [-0.39, 0.29) is 0 Å². The monoisotopic (exact) mass is 144 g/mol. The predicted molar refractivity (Wildman–Crippen MR) is 39.2 cm³/mol. The standard InChI is InChI=1S/C6H6.H3O2P/c1-2-4-6-5-3-1;1-3-2/h1-6H;1-3H. The van der Waals surface area contributed by atoms with Gasteiger partial charge in [0.05, 0.1) is 0 Å². The van der Waals surface area contributed by atoms with Crippen molar-refractivity contribution >= 4 is 9.03 Å².